The largest absolute Gasteiger partial charge is 0.337 e. The molecule has 1 amide bonds. The van der Waals surface area contributed by atoms with Crippen LogP contribution >= 0.6 is 0 Å². The molecule has 0 saturated carbocycles. The minimum atomic E-state index is -1.25. The number of nitrogens with zero attached hydrogens (tertiary/aromatic N) is 3. The number of benzene rings is 1. The Hall–Kier alpha value is -2.35. The lowest BCUT2D eigenvalue weighted by Gasteiger charge is -2.28. The summed E-state index contributed by atoms with van der Waals surface area (Å²) in [5.74, 6) is -3.40. The summed E-state index contributed by atoms with van der Waals surface area (Å²) in [4.78, 5) is 18.3. The molecule has 0 saturated heterocycles. The van der Waals surface area contributed by atoms with Crippen LogP contribution in [0.3, 0.4) is 0 Å². The van der Waals surface area contributed by atoms with E-state index in [-0.39, 0.29) is 24.3 Å². The Kier molecular flexibility index (Phi) is 4.80. The monoisotopic (exact) mass is 352 g/mol. The number of amides is 1. The summed E-state index contributed by atoms with van der Waals surface area (Å²) in [6.07, 6.45) is 2.39. The summed E-state index contributed by atoms with van der Waals surface area (Å²) in [5.41, 5.74) is 7.85. The Morgan fingerprint density at radius 2 is 2.00 bits per heavy atom. The van der Waals surface area contributed by atoms with Gasteiger partial charge >= 0.3 is 0 Å². The van der Waals surface area contributed by atoms with Gasteiger partial charge in [0.1, 0.15) is 5.82 Å². The molecule has 0 fully saturated rings. The first-order chi connectivity index (χ1) is 11.8. The van der Waals surface area contributed by atoms with Crippen molar-refractivity contribution in [2.24, 2.45) is 12.8 Å². The highest BCUT2D eigenvalue weighted by atomic mass is 19.2. The second kappa shape index (κ2) is 6.87. The van der Waals surface area contributed by atoms with Gasteiger partial charge in [0.2, 0.25) is 5.91 Å². The Morgan fingerprint density at radius 1 is 1.28 bits per heavy atom. The van der Waals surface area contributed by atoms with Gasteiger partial charge in [-0.1, -0.05) is 0 Å². The summed E-state index contributed by atoms with van der Waals surface area (Å²) in [7, 11) is 1.91. The van der Waals surface area contributed by atoms with Crippen LogP contribution in [0.5, 0.6) is 0 Å². The topological polar surface area (TPSA) is 64.2 Å². The Bertz CT molecular complexity index is 805. The van der Waals surface area contributed by atoms with Crippen molar-refractivity contribution in [3.05, 3.63) is 52.9 Å². The zero-order chi connectivity index (χ0) is 18.1. The van der Waals surface area contributed by atoms with Crippen molar-refractivity contribution in [1.82, 2.24) is 14.5 Å². The highest BCUT2D eigenvalue weighted by molar-refractivity contribution is 5.77. The van der Waals surface area contributed by atoms with Crippen molar-refractivity contribution < 1.29 is 18.0 Å². The van der Waals surface area contributed by atoms with Crippen LogP contribution in [-0.2, 0) is 31.2 Å². The van der Waals surface area contributed by atoms with Gasteiger partial charge in [0.25, 0.3) is 0 Å². The number of aromatic nitrogens is 2. The molecular weight excluding hydrogens is 333 g/mol. The third kappa shape index (κ3) is 3.68. The maximum absolute atomic E-state index is 13.7. The number of imidazole rings is 1. The fourth-order valence-electron chi connectivity index (χ4n) is 3.10. The normalized spacial score (nSPS) is 15.2. The van der Waals surface area contributed by atoms with E-state index in [9.17, 15) is 18.0 Å². The van der Waals surface area contributed by atoms with Crippen molar-refractivity contribution in [3.63, 3.8) is 0 Å². The van der Waals surface area contributed by atoms with Crippen LogP contribution in [0.2, 0.25) is 0 Å². The van der Waals surface area contributed by atoms with E-state index in [1.165, 1.54) is 0 Å². The lowest BCUT2D eigenvalue weighted by molar-refractivity contribution is -0.132. The number of hydrogen-bond donors (Lipinski definition) is 1. The summed E-state index contributed by atoms with van der Waals surface area (Å²) >= 11 is 0. The van der Waals surface area contributed by atoms with Crippen LogP contribution in [0, 0.1) is 17.5 Å². The van der Waals surface area contributed by atoms with E-state index < -0.39 is 23.5 Å². The predicted molar refractivity (Wildman–Crippen MR) is 84.9 cm³/mol. The first-order valence-corrected chi connectivity index (χ1v) is 8.01. The van der Waals surface area contributed by atoms with Gasteiger partial charge in [-0.15, -0.1) is 0 Å². The van der Waals surface area contributed by atoms with E-state index >= 15 is 0 Å². The molecule has 0 aliphatic carbocycles. The number of halogens is 3. The fraction of sp³-hybridized carbons (Fsp3) is 0.412. The van der Waals surface area contributed by atoms with Gasteiger partial charge in [-0.3, -0.25) is 4.79 Å². The second-order valence-electron chi connectivity index (χ2n) is 6.34. The van der Waals surface area contributed by atoms with Crippen LogP contribution < -0.4 is 5.73 Å². The van der Waals surface area contributed by atoms with Gasteiger partial charge in [-0.25, -0.2) is 18.2 Å². The number of carbonyl (C=O) groups is 1. The maximum atomic E-state index is 13.7. The highest BCUT2D eigenvalue weighted by Crippen LogP contribution is 2.19. The van der Waals surface area contributed by atoms with E-state index in [2.05, 4.69) is 4.98 Å². The molecule has 1 aromatic heterocycles. The molecule has 134 valence electrons. The lowest BCUT2D eigenvalue weighted by atomic mass is 10.0. The quantitative estimate of drug-likeness (QED) is 0.852. The Morgan fingerprint density at radius 3 is 2.76 bits per heavy atom. The highest BCUT2D eigenvalue weighted by Gasteiger charge is 2.25. The molecule has 0 radical (unpaired) electrons. The number of nitrogens with two attached hydrogens (primary N) is 1. The number of fused-ring (bicyclic) bond motifs is 1. The van der Waals surface area contributed by atoms with Crippen molar-refractivity contribution in [2.75, 3.05) is 6.54 Å². The molecule has 2 N–H and O–H groups in total. The fourth-order valence-corrected chi connectivity index (χ4v) is 3.10. The Balaban J connectivity index is 1.61. The average Bonchev–Trinajstić information content (AvgIpc) is 2.93. The molecule has 5 nitrogen and oxygen atoms in total. The second-order valence-corrected chi connectivity index (χ2v) is 6.34. The van der Waals surface area contributed by atoms with Gasteiger partial charge in [0.05, 0.1) is 18.6 Å². The SMILES string of the molecule is Cn1cnc2c1CCN(C(=O)C[C@H](N)Cc1cc(F)c(F)cc1F)C2. The number of hydrogen-bond acceptors (Lipinski definition) is 3. The Labute approximate surface area is 143 Å². The van der Waals surface area contributed by atoms with Crippen LogP contribution in [0.4, 0.5) is 13.2 Å². The zero-order valence-electron chi connectivity index (χ0n) is 13.8. The van der Waals surface area contributed by atoms with Crippen LogP contribution in [0.25, 0.3) is 0 Å². The van der Waals surface area contributed by atoms with E-state index in [4.69, 9.17) is 5.73 Å². The molecule has 8 heteroatoms. The molecule has 2 heterocycles. The van der Waals surface area contributed by atoms with Gasteiger partial charge < -0.3 is 15.2 Å². The lowest BCUT2D eigenvalue weighted by Crippen LogP contribution is -2.40. The van der Waals surface area contributed by atoms with E-state index in [0.717, 1.165) is 17.5 Å². The smallest absolute Gasteiger partial charge is 0.224 e. The molecule has 25 heavy (non-hydrogen) atoms. The number of rotatable bonds is 4. The van der Waals surface area contributed by atoms with Gasteiger partial charge in [0.15, 0.2) is 11.6 Å². The van der Waals surface area contributed by atoms with Crippen molar-refractivity contribution in [3.8, 4) is 0 Å². The summed E-state index contributed by atoms with van der Waals surface area (Å²) in [6.45, 7) is 0.985. The van der Waals surface area contributed by atoms with E-state index in [1.54, 1.807) is 11.2 Å². The summed E-state index contributed by atoms with van der Waals surface area (Å²) < 4.78 is 41.8. The molecule has 2 aromatic rings. The van der Waals surface area contributed by atoms with E-state index in [1.807, 2.05) is 11.6 Å². The van der Waals surface area contributed by atoms with Crippen LogP contribution in [0.15, 0.2) is 18.5 Å². The average molecular weight is 352 g/mol. The van der Waals surface area contributed by atoms with Crippen molar-refractivity contribution in [2.45, 2.75) is 31.8 Å². The van der Waals surface area contributed by atoms with E-state index in [0.29, 0.717) is 25.6 Å². The maximum Gasteiger partial charge on any atom is 0.224 e. The minimum Gasteiger partial charge on any atom is -0.337 e. The molecule has 1 aliphatic rings. The van der Waals surface area contributed by atoms with Crippen LogP contribution in [-0.4, -0.2) is 32.9 Å². The number of carbonyl (C=O) groups excluding carboxylic acids is 1. The molecule has 1 atom stereocenters. The first-order valence-electron chi connectivity index (χ1n) is 8.01. The third-order valence-corrected chi connectivity index (χ3v) is 4.47. The number of aryl methyl sites for hydroxylation is 1. The molecule has 0 unspecified atom stereocenters. The molecule has 1 aromatic carbocycles. The van der Waals surface area contributed by atoms with Crippen LogP contribution in [0.1, 0.15) is 23.4 Å². The van der Waals surface area contributed by atoms with Gasteiger partial charge in [-0.2, -0.15) is 0 Å². The molecular formula is C17H19F3N4O. The summed E-state index contributed by atoms with van der Waals surface area (Å²) in [5, 5.41) is 0. The molecule has 3 rings (SSSR count). The molecule has 0 spiro atoms. The molecule has 0 bridgehead atoms. The van der Waals surface area contributed by atoms with Crippen molar-refractivity contribution >= 4 is 5.91 Å². The zero-order valence-corrected chi connectivity index (χ0v) is 13.8. The predicted octanol–water partition coefficient (Wildman–Crippen LogP) is 1.68. The standard InChI is InChI=1S/C17H19F3N4O/c1-23-9-22-15-8-24(3-2-16(15)23)17(25)6-11(21)4-10-5-13(19)14(20)7-12(10)18/h5,7,9,11H,2-4,6,8,21H2,1H3/t11-/m1/s1. The summed E-state index contributed by atoms with van der Waals surface area (Å²) in [6, 6.07) is 0.597. The molecule has 1 aliphatic heterocycles. The van der Waals surface area contributed by atoms with Gasteiger partial charge in [-0.05, 0) is 18.1 Å². The minimum absolute atomic E-state index is 0.000598. The van der Waals surface area contributed by atoms with Gasteiger partial charge in [0, 0.05) is 44.2 Å². The van der Waals surface area contributed by atoms with Crippen molar-refractivity contribution in [1.29, 1.82) is 0 Å². The third-order valence-electron chi connectivity index (χ3n) is 4.47. The first kappa shape index (κ1) is 17.5.